The number of hydrogen-bond donors (Lipinski definition) is 2. The highest BCUT2D eigenvalue weighted by atomic mass is 19.1. The van der Waals surface area contributed by atoms with E-state index >= 15 is 0 Å². The van der Waals surface area contributed by atoms with E-state index in [0.29, 0.717) is 25.4 Å². The standard InChI is InChI=1S/C21H30FN5O3/c1-25(19(28)6-4-12-27-20(29)14-26(2)21(27)30)11-3-5-17-13-18(24-23-17)15-7-9-16(22)10-8-15/h7-10,17-18,23-24H,3-6,11-14H2,1-2H3. The zero-order chi connectivity index (χ0) is 21.7. The third-order valence-corrected chi connectivity index (χ3v) is 5.73. The maximum atomic E-state index is 13.1. The van der Waals surface area contributed by atoms with Gasteiger partial charge >= 0.3 is 6.03 Å². The molecule has 0 saturated carbocycles. The number of nitrogens with zero attached hydrogens (tertiary/aromatic N) is 3. The zero-order valence-corrected chi connectivity index (χ0v) is 17.6. The molecule has 0 bridgehead atoms. The molecule has 2 atom stereocenters. The van der Waals surface area contributed by atoms with Gasteiger partial charge in [-0.2, -0.15) is 0 Å². The van der Waals surface area contributed by atoms with Crippen LogP contribution >= 0.6 is 0 Å². The number of rotatable bonds is 9. The van der Waals surface area contributed by atoms with Crippen LogP contribution in [-0.2, 0) is 9.59 Å². The van der Waals surface area contributed by atoms with E-state index in [0.717, 1.165) is 24.8 Å². The van der Waals surface area contributed by atoms with E-state index < -0.39 is 0 Å². The Morgan fingerprint density at radius 1 is 1.20 bits per heavy atom. The van der Waals surface area contributed by atoms with E-state index in [2.05, 4.69) is 10.9 Å². The van der Waals surface area contributed by atoms with Gasteiger partial charge in [0.25, 0.3) is 0 Å². The maximum absolute atomic E-state index is 13.1. The predicted octanol–water partition coefficient (Wildman–Crippen LogP) is 1.65. The van der Waals surface area contributed by atoms with Gasteiger partial charge in [-0.05, 0) is 43.4 Å². The number of benzene rings is 1. The summed E-state index contributed by atoms with van der Waals surface area (Å²) in [5.41, 5.74) is 7.59. The van der Waals surface area contributed by atoms with Crippen LogP contribution < -0.4 is 10.9 Å². The molecule has 0 aromatic heterocycles. The van der Waals surface area contributed by atoms with Crippen LogP contribution in [0.15, 0.2) is 24.3 Å². The Kier molecular flexibility index (Phi) is 7.38. The lowest BCUT2D eigenvalue weighted by Gasteiger charge is -2.19. The van der Waals surface area contributed by atoms with Crippen molar-refractivity contribution in [1.29, 1.82) is 0 Å². The second kappa shape index (κ2) is 9.99. The number of carbonyl (C=O) groups is 3. The lowest BCUT2D eigenvalue weighted by Crippen LogP contribution is -2.34. The second-order valence-electron chi connectivity index (χ2n) is 8.07. The van der Waals surface area contributed by atoms with E-state index in [9.17, 15) is 18.8 Å². The lowest BCUT2D eigenvalue weighted by atomic mass is 9.99. The van der Waals surface area contributed by atoms with Crippen molar-refractivity contribution in [3.8, 4) is 0 Å². The van der Waals surface area contributed by atoms with Gasteiger partial charge in [0, 0.05) is 45.7 Å². The normalized spacial score (nSPS) is 21.6. The average molecular weight is 420 g/mol. The molecule has 0 spiro atoms. The van der Waals surface area contributed by atoms with Crippen molar-refractivity contribution in [2.24, 2.45) is 0 Å². The number of carbonyl (C=O) groups excluding carboxylic acids is 3. The summed E-state index contributed by atoms with van der Waals surface area (Å²) in [5, 5.41) is 0. The molecular weight excluding hydrogens is 389 g/mol. The van der Waals surface area contributed by atoms with E-state index in [4.69, 9.17) is 0 Å². The SMILES string of the molecule is CN(CCCC1CC(c2ccc(F)cc2)NN1)C(=O)CCCN1C(=O)CN(C)C1=O. The molecule has 1 aromatic carbocycles. The van der Waals surface area contributed by atoms with Crippen molar-refractivity contribution < 1.29 is 18.8 Å². The van der Waals surface area contributed by atoms with Crippen LogP contribution in [0.25, 0.3) is 0 Å². The number of nitrogens with one attached hydrogen (secondary N) is 2. The Balaban J connectivity index is 1.31. The summed E-state index contributed by atoms with van der Waals surface area (Å²) < 4.78 is 13.1. The van der Waals surface area contributed by atoms with Gasteiger partial charge in [-0.3, -0.25) is 25.3 Å². The van der Waals surface area contributed by atoms with Gasteiger partial charge in [0.05, 0.1) is 0 Å². The quantitative estimate of drug-likeness (QED) is 0.595. The van der Waals surface area contributed by atoms with Gasteiger partial charge in [-0.25, -0.2) is 9.18 Å². The molecule has 2 heterocycles. The minimum atomic E-state index is -0.294. The fourth-order valence-electron chi connectivity index (χ4n) is 3.89. The summed E-state index contributed by atoms with van der Waals surface area (Å²) >= 11 is 0. The average Bonchev–Trinajstić information content (AvgIpc) is 3.28. The van der Waals surface area contributed by atoms with Crippen LogP contribution in [0.5, 0.6) is 0 Å². The molecule has 1 aromatic rings. The highest BCUT2D eigenvalue weighted by Crippen LogP contribution is 2.24. The van der Waals surface area contributed by atoms with Gasteiger partial charge in [0.15, 0.2) is 0 Å². The number of urea groups is 1. The van der Waals surface area contributed by atoms with Gasteiger partial charge in [-0.15, -0.1) is 0 Å². The molecule has 0 radical (unpaired) electrons. The Morgan fingerprint density at radius 3 is 2.60 bits per heavy atom. The van der Waals surface area contributed by atoms with Gasteiger partial charge in [-0.1, -0.05) is 12.1 Å². The van der Waals surface area contributed by atoms with Crippen molar-refractivity contribution >= 4 is 17.8 Å². The minimum absolute atomic E-state index is 0.0177. The Labute approximate surface area is 176 Å². The molecule has 0 aliphatic carbocycles. The highest BCUT2D eigenvalue weighted by molar-refractivity contribution is 6.01. The summed E-state index contributed by atoms with van der Waals surface area (Å²) in [6.45, 7) is 1.05. The zero-order valence-electron chi connectivity index (χ0n) is 17.6. The van der Waals surface area contributed by atoms with Crippen LogP contribution in [0, 0.1) is 5.82 Å². The number of amides is 4. The third kappa shape index (κ3) is 5.54. The van der Waals surface area contributed by atoms with Gasteiger partial charge in [0.1, 0.15) is 12.4 Å². The number of hydrazine groups is 1. The molecule has 2 saturated heterocycles. The minimum Gasteiger partial charge on any atom is -0.346 e. The van der Waals surface area contributed by atoms with Crippen LogP contribution in [0.4, 0.5) is 9.18 Å². The molecule has 3 rings (SSSR count). The maximum Gasteiger partial charge on any atom is 0.326 e. The first kappa shape index (κ1) is 22.2. The predicted molar refractivity (Wildman–Crippen MR) is 110 cm³/mol. The summed E-state index contributed by atoms with van der Waals surface area (Å²) in [5.74, 6) is -0.427. The molecule has 2 aliphatic heterocycles. The molecule has 30 heavy (non-hydrogen) atoms. The van der Waals surface area contributed by atoms with E-state index in [1.54, 1.807) is 31.1 Å². The van der Waals surface area contributed by atoms with E-state index in [-0.39, 0.29) is 42.8 Å². The molecule has 4 amide bonds. The fraction of sp³-hybridized carbons (Fsp3) is 0.571. The van der Waals surface area contributed by atoms with Crippen LogP contribution in [-0.4, -0.2) is 72.3 Å². The summed E-state index contributed by atoms with van der Waals surface area (Å²) in [4.78, 5) is 40.2. The molecule has 2 unspecified atom stereocenters. The second-order valence-corrected chi connectivity index (χ2v) is 8.07. The first-order chi connectivity index (χ1) is 14.3. The Morgan fingerprint density at radius 2 is 1.93 bits per heavy atom. The molecule has 2 aliphatic rings. The number of imide groups is 1. The molecule has 9 heteroatoms. The van der Waals surface area contributed by atoms with Gasteiger partial charge < -0.3 is 9.80 Å². The molecule has 8 nitrogen and oxygen atoms in total. The molecular formula is C21H30FN5O3. The summed E-state index contributed by atoms with van der Waals surface area (Å²) in [7, 11) is 3.37. The van der Waals surface area contributed by atoms with Gasteiger partial charge in [0.2, 0.25) is 11.8 Å². The first-order valence-corrected chi connectivity index (χ1v) is 10.4. The first-order valence-electron chi connectivity index (χ1n) is 10.4. The number of halogens is 1. The van der Waals surface area contributed by atoms with Crippen LogP contribution in [0.2, 0.25) is 0 Å². The Bertz CT molecular complexity index is 772. The third-order valence-electron chi connectivity index (χ3n) is 5.73. The monoisotopic (exact) mass is 419 g/mol. The summed E-state index contributed by atoms with van der Waals surface area (Å²) in [6.07, 6.45) is 3.49. The summed E-state index contributed by atoms with van der Waals surface area (Å²) in [6, 6.07) is 6.70. The topological polar surface area (TPSA) is 85.0 Å². The largest absolute Gasteiger partial charge is 0.346 e. The number of hydrogen-bond acceptors (Lipinski definition) is 5. The van der Waals surface area contributed by atoms with Crippen molar-refractivity contribution in [1.82, 2.24) is 25.6 Å². The van der Waals surface area contributed by atoms with E-state index in [1.165, 1.54) is 21.9 Å². The molecule has 2 N–H and O–H groups in total. The molecule has 2 fully saturated rings. The lowest BCUT2D eigenvalue weighted by molar-refractivity contribution is -0.131. The van der Waals surface area contributed by atoms with Crippen LogP contribution in [0.1, 0.15) is 43.7 Å². The van der Waals surface area contributed by atoms with E-state index in [1.807, 2.05) is 0 Å². The fourth-order valence-corrected chi connectivity index (χ4v) is 3.89. The van der Waals surface area contributed by atoms with Crippen LogP contribution in [0.3, 0.4) is 0 Å². The Hall–Kier alpha value is -2.52. The number of likely N-dealkylation sites (N-methyl/N-ethyl adjacent to an activating group) is 1. The van der Waals surface area contributed by atoms with Crippen molar-refractivity contribution in [2.75, 3.05) is 33.7 Å². The van der Waals surface area contributed by atoms with Crippen molar-refractivity contribution in [3.63, 3.8) is 0 Å². The van der Waals surface area contributed by atoms with Crippen molar-refractivity contribution in [3.05, 3.63) is 35.6 Å². The smallest absolute Gasteiger partial charge is 0.326 e. The molecule has 164 valence electrons. The highest BCUT2D eigenvalue weighted by Gasteiger charge is 2.33. The van der Waals surface area contributed by atoms with Crippen molar-refractivity contribution in [2.45, 2.75) is 44.2 Å².